The molecule has 0 fully saturated rings. The Bertz CT molecular complexity index is 992. The monoisotopic (exact) mass is 355 g/mol. The molecule has 4 aromatic rings. The summed E-state index contributed by atoms with van der Waals surface area (Å²) in [6.45, 7) is 0. The maximum absolute atomic E-state index is 5.80. The first-order chi connectivity index (χ1) is 13.3. The molecule has 0 aliphatic heterocycles. The first kappa shape index (κ1) is 16.5. The minimum Gasteiger partial charge on any atom is -0.457 e. The van der Waals surface area contributed by atoms with E-state index < -0.39 is 0 Å². The van der Waals surface area contributed by atoms with E-state index in [0.29, 0.717) is 11.8 Å². The Balaban J connectivity index is 1.42. The van der Waals surface area contributed by atoms with Gasteiger partial charge in [-0.15, -0.1) is 0 Å². The molecule has 0 saturated heterocycles. The normalized spacial score (nSPS) is 10.2. The van der Waals surface area contributed by atoms with E-state index in [-0.39, 0.29) is 0 Å². The number of ether oxygens (including phenoxy) is 1. The van der Waals surface area contributed by atoms with Crippen LogP contribution in [-0.2, 0) is 0 Å². The molecular weight excluding hydrogens is 338 g/mol. The predicted molar refractivity (Wildman–Crippen MR) is 106 cm³/mol. The van der Waals surface area contributed by atoms with E-state index in [1.165, 1.54) is 0 Å². The largest absolute Gasteiger partial charge is 0.457 e. The summed E-state index contributed by atoms with van der Waals surface area (Å²) in [5, 5.41) is 6.38. The molecular formula is C21H17N5O. The SMILES string of the molecule is c1ccc(Oc2ccc(Nc3ccnc(Nc4cccnc4)n3)cc2)cc1. The molecule has 0 aliphatic rings. The van der Waals surface area contributed by atoms with Crippen LogP contribution in [0.4, 0.5) is 23.1 Å². The summed E-state index contributed by atoms with van der Waals surface area (Å²) in [4.78, 5) is 12.8. The Kier molecular flexibility index (Phi) is 4.88. The van der Waals surface area contributed by atoms with Gasteiger partial charge in [0.15, 0.2) is 0 Å². The fraction of sp³-hybridized carbons (Fsp3) is 0. The van der Waals surface area contributed by atoms with Gasteiger partial charge in [-0.25, -0.2) is 4.98 Å². The molecule has 0 atom stereocenters. The fourth-order valence-corrected chi connectivity index (χ4v) is 2.43. The molecule has 4 rings (SSSR count). The van der Waals surface area contributed by atoms with Crippen LogP contribution in [0.3, 0.4) is 0 Å². The van der Waals surface area contributed by atoms with Gasteiger partial charge in [0.2, 0.25) is 5.95 Å². The summed E-state index contributed by atoms with van der Waals surface area (Å²) in [6.07, 6.45) is 5.13. The Hall–Kier alpha value is -3.93. The van der Waals surface area contributed by atoms with Crippen molar-refractivity contribution < 1.29 is 4.74 Å². The third-order valence-electron chi connectivity index (χ3n) is 3.68. The molecule has 2 aromatic heterocycles. The summed E-state index contributed by atoms with van der Waals surface area (Å²) >= 11 is 0. The average molecular weight is 355 g/mol. The lowest BCUT2D eigenvalue weighted by molar-refractivity contribution is 0.483. The minimum absolute atomic E-state index is 0.497. The highest BCUT2D eigenvalue weighted by Crippen LogP contribution is 2.24. The zero-order valence-electron chi connectivity index (χ0n) is 14.4. The van der Waals surface area contributed by atoms with Crippen molar-refractivity contribution in [2.75, 3.05) is 10.6 Å². The van der Waals surface area contributed by atoms with Crippen molar-refractivity contribution in [2.24, 2.45) is 0 Å². The summed E-state index contributed by atoms with van der Waals surface area (Å²) in [5.74, 6) is 2.76. The zero-order chi connectivity index (χ0) is 18.3. The third-order valence-corrected chi connectivity index (χ3v) is 3.68. The van der Waals surface area contributed by atoms with Gasteiger partial charge in [0.1, 0.15) is 17.3 Å². The van der Waals surface area contributed by atoms with Gasteiger partial charge in [-0.2, -0.15) is 4.98 Å². The van der Waals surface area contributed by atoms with Gasteiger partial charge < -0.3 is 15.4 Å². The fourth-order valence-electron chi connectivity index (χ4n) is 2.43. The maximum atomic E-state index is 5.80. The van der Waals surface area contributed by atoms with Crippen molar-refractivity contribution in [3.8, 4) is 11.5 Å². The Labute approximate surface area is 156 Å². The number of pyridine rings is 1. The number of benzene rings is 2. The number of hydrogen-bond acceptors (Lipinski definition) is 6. The Morgan fingerprint density at radius 2 is 1.48 bits per heavy atom. The van der Waals surface area contributed by atoms with Gasteiger partial charge in [-0.1, -0.05) is 18.2 Å². The van der Waals surface area contributed by atoms with E-state index in [2.05, 4.69) is 25.6 Å². The summed E-state index contributed by atoms with van der Waals surface area (Å²) in [7, 11) is 0. The van der Waals surface area contributed by atoms with Crippen LogP contribution in [0.15, 0.2) is 91.4 Å². The van der Waals surface area contributed by atoms with Crippen molar-refractivity contribution in [1.82, 2.24) is 15.0 Å². The Morgan fingerprint density at radius 1 is 0.667 bits per heavy atom. The molecule has 6 nitrogen and oxygen atoms in total. The lowest BCUT2D eigenvalue weighted by Gasteiger charge is -2.09. The van der Waals surface area contributed by atoms with Crippen molar-refractivity contribution in [3.05, 3.63) is 91.4 Å². The number of para-hydroxylation sites is 1. The first-order valence-corrected chi connectivity index (χ1v) is 8.45. The lowest BCUT2D eigenvalue weighted by Crippen LogP contribution is -2.00. The van der Waals surface area contributed by atoms with E-state index in [9.17, 15) is 0 Å². The minimum atomic E-state index is 0.497. The highest BCUT2D eigenvalue weighted by atomic mass is 16.5. The van der Waals surface area contributed by atoms with Crippen molar-refractivity contribution >= 4 is 23.1 Å². The second-order valence-corrected chi connectivity index (χ2v) is 5.70. The lowest BCUT2D eigenvalue weighted by atomic mass is 10.3. The molecule has 132 valence electrons. The van der Waals surface area contributed by atoms with Crippen LogP contribution in [0, 0.1) is 0 Å². The quantitative estimate of drug-likeness (QED) is 0.498. The van der Waals surface area contributed by atoms with Crippen molar-refractivity contribution in [3.63, 3.8) is 0 Å². The molecule has 0 saturated carbocycles. The molecule has 0 amide bonds. The summed E-state index contributed by atoms with van der Waals surface area (Å²) < 4.78 is 5.80. The number of nitrogens with one attached hydrogen (secondary N) is 2. The standard InChI is InChI=1S/C21H17N5O/c1-2-6-18(7-3-1)27-19-10-8-16(9-11-19)24-20-12-14-23-21(26-20)25-17-5-4-13-22-15-17/h1-15H,(H2,23,24,25,26). The number of rotatable bonds is 6. The number of nitrogens with zero attached hydrogens (tertiary/aromatic N) is 3. The van der Waals surface area contributed by atoms with E-state index in [1.807, 2.05) is 72.8 Å². The second kappa shape index (κ2) is 7.97. The van der Waals surface area contributed by atoms with E-state index in [1.54, 1.807) is 18.6 Å². The molecule has 6 heteroatoms. The molecule has 0 aliphatic carbocycles. The summed E-state index contributed by atoms with van der Waals surface area (Å²) in [5.41, 5.74) is 1.73. The van der Waals surface area contributed by atoms with Gasteiger partial charge >= 0.3 is 0 Å². The van der Waals surface area contributed by atoms with Gasteiger partial charge in [0.25, 0.3) is 0 Å². The molecule has 0 bridgehead atoms. The molecule has 0 radical (unpaired) electrons. The Morgan fingerprint density at radius 3 is 2.26 bits per heavy atom. The number of anilines is 4. The van der Waals surface area contributed by atoms with E-state index in [0.717, 1.165) is 22.9 Å². The van der Waals surface area contributed by atoms with Crippen LogP contribution in [0.5, 0.6) is 11.5 Å². The first-order valence-electron chi connectivity index (χ1n) is 8.45. The molecule has 0 spiro atoms. The van der Waals surface area contributed by atoms with Crippen LogP contribution < -0.4 is 15.4 Å². The van der Waals surface area contributed by atoms with Gasteiger partial charge in [0, 0.05) is 18.1 Å². The highest BCUT2D eigenvalue weighted by molar-refractivity contribution is 5.59. The average Bonchev–Trinajstić information content (AvgIpc) is 2.71. The van der Waals surface area contributed by atoms with Crippen molar-refractivity contribution in [2.45, 2.75) is 0 Å². The number of hydrogen-bond donors (Lipinski definition) is 2. The third kappa shape index (κ3) is 4.58. The van der Waals surface area contributed by atoms with E-state index in [4.69, 9.17) is 4.74 Å². The zero-order valence-corrected chi connectivity index (χ0v) is 14.4. The van der Waals surface area contributed by atoms with Crippen LogP contribution >= 0.6 is 0 Å². The highest BCUT2D eigenvalue weighted by Gasteiger charge is 2.02. The van der Waals surface area contributed by atoms with Crippen LogP contribution in [0.2, 0.25) is 0 Å². The van der Waals surface area contributed by atoms with Gasteiger partial charge in [0.05, 0.1) is 11.9 Å². The number of aromatic nitrogens is 3. The van der Waals surface area contributed by atoms with Crippen LogP contribution in [-0.4, -0.2) is 15.0 Å². The van der Waals surface area contributed by atoms with Crippen LogP contribution in [0.1, 0.15) is 0 Å². The molecule has 0 unspecified atom stereocenters. The molecule has 2 aromatic carbocycles. The topological polar surface area (TPSA) is 72.0 Å². The van der Waals surface area contributed by atoms with Crippen molar-refractivity contribution in [1.29, 1.82) is 0 Å². The van der Waals surface area contributed by atoms with Gasteiger partial charge in [-0.05, 0) is 54.6 Å². The molecule has 2 heterocycles. The molecule has 27 heavy (non-hydrogen) atoms. The van der Waals surface area contributed by atoms with Gasteiger partial charge in [-0.3, -0.25) is 4.98 Å². The maximum Gasteiger partial charge on any atom is 0.229 e. The van der Waals surface area contributed by atoms with Crippen LogP contribution in [0.25, 0.3) is 0 Å². The summed E-state index contributed by atoms with van der Waals surface area (Å²) in [6, 6.07) is 22.9. The smallest absolute Gasteiger partial charge is 0.229 e. The molecule has 2 N–H and O–H groups in total. The van der Waals surface area contributed by atoms with E-state index >= 15 is 0 Å². The predicted octanol–water partition coefficient (Wildman–Crippen LogP) is 5.15. The second-order valence-electron chi connectivity index (χ2n) is 5.70.